The Morgan fingerprint density at radius 3 is 2.19 bits per heavy atom. The van der Waals surface area contributed by atoms with Crippen LogP contribution in [0.15, 0.2) is 54.6 Å². The van der Waals surface area contributed by atoms with Gasteiger partial charge in [-0.3, -0.25) is 9.69 Å². The standard InChI is InChI=1S/C17H16FNO2/c18-15-8-6-13(7-9-15)16(12-4-2-1-3-5-12)19-10-14(11-19)17(20)21/h1-9,14,16H,10-11H2,(H,20,21). The van der Waals surface area contributed by atoms with E-state index in [2.05, 4.69) is 4.90 Å². The molecule has 0 spiro atoms. The van der Waals surface area contributed by atoms with Gasteiger partial charge in [0.25, 0.3) is 0 Å². The highest BCUT2D eigenvalue weighted by Gasteiger charge is 2.37. The average Bonchev–Trinajstić information content (AvgIpc) is 2.44. The number of benzene rings is 2. The van der Waals surface area contributed by atoms with Crippen molar-refractivity contribution in [3.63, 3.8) is 0 Å². The van der Waals surface area contributed by atoms with Crippen molar-refractivity contribution >= 4 is 5.97 Å². The minimum atomic E-state index is -0.753. The lowest BCUT2D eigenvalue weighted by atomic mass is 9.90. The van der Waals surface area contributed by atoms with Gasteiger partial charge in [-0.2, -0.15) is 0 Å². The molecule has 0 aromatic heterocycles. The van der Waals surface area contributed by atoms with Crippen LogP contribution in [0.3, 0.4) is 0 Å². The van der Waals surface area contributed by atoms with E-state index in [0.29, 0.717) is 13.1 Å². The van der Waals surface area contributed by atoms with E-state index in [-0.39, 0.29) is 17.8 Å². The summed E-state index contributed by atoms with van der Waals surface area (Å²) in [5.74, 6) is -1.33. The van der Waals surface area contributed by atoms with E-state index in [1.54, 1.807) is 12.1 Å². The summed E-state index contributed by atoms with van der Waals surface area (Å²) >= 11 is 0. The fourth-order valence-corrected chi connectivity index (χ4v) is 2.77. The molecule has 4 heteroatoms. The molecule has 0 amide bonds. The van der Waals surface area contributed by atoms with Crippen molar-refractivity contribution in [2.75, 3.05) is 13.1 Å². The van der Waals surface area contributed by atoms with E-state index in [1.165, 1.54) is 12.1 Å². The second-order valence-electron chi connectivity index (χ2n) is 5.35. The van der Waals surface area contributed by atoms with Crippen molar-refractivity contribution in [1.82, 2.24) is 4.90 Å². The number of carboxylic acids is 1. The average molecular weight is 285 g/mol. The Morgan fingerprint density at radius 2 is 1.62 bits per heavy atom. The largest absolute Gasteiger partial charge is 0.481 e. The van der Waals surface area contributed by atoms with Crippen LogP contribution in [0.2, 0.25) is 0 Å². The molecule has 1 aliphatic heterocycles. The van der Waals surface area contributed by atoms with Gasteiger partial charge in [-0.05, 0) is 23.3 Å². The summed E-state index contributed by atoms with van der Waals surface area (Å²) < 4.78 is 13.1. The van der Waals surface area contributed by atoms with Crippen molar-refractivity contribution in [2.24, 2.45) is 5.92 Å². The number of hydrogen-bond acceptors (Lipinski definition) is 2. The number of hydrogen-bond donors (Lipinski definition) is 1. The molecule has 3 rings (SSSR count). The van der Waals surface area contributed by atoms with Crippen molar-refractivity contribution in [2.45, 2.75) is 6.04 Å². The molecule has 1 unspecified atom stereocenters. The normalized spacial score (nSPS) is 17.2. The summed E-state index contributed by atoms with van der Waals surface area (Å²) in [4.78, 5) is 13.1. The Labute approximate surface area is 122 Å². The third-order valence-corrected chi connectivity index (χ3v) is 3.93. The number of likely N-dealkylation sites (tertiary alicyclic amines) is 1. The van der Waals surface area contributed by atoms with Gasteiger partial charge >= 0.3 is 5.97 Å². The summed E-state index contributed by atoms with van der Waals surface area (Å²) in [6, 6.07) is 16.3. The zero-order valence-corrected chi connectivity index (χ0v) is 11.4. The van der Waals surface area contributed by atoms with Crippen LogP contribution < -0.4 is 0 Å². The van der Waals surface area contributed by atoms with Gasteiger partial charge in [0.2, 0.25) is 0 Å². The van der Waals surface area contributed by atoms with Crippen LogP contribution in [0.25, 0.3) is 0 Å². The van der Waals surface area contributed by atoms with Gasteiger partial charge in [-0.15, -0.1) is 0 Å². The van der Waals surface area contributed by atoms with Crippen molar-refractivity contribution in [3.05, 3.63) is 71.5 Å². The van der Waals surface area contributed by atoms with Crippen LogP contribution in [-0.2, 0) is 4.79 Å². The maximum atomic E-state index is 13.1. The molecular weight excluding hydrogens is 269 g/mol. The van der Waals surface area contributed by atoms with Crippen molar-refractivity contribution in [1.29, 1.82) is 0 Å². The summed E-state index contributed by atoms with van der Waals surface area (Å²) in [6.07, 6.45) is 0. The Balaban J connectivity index is 1.89. The molecule has 1 heterocycles. The highest BCUT2D eigenvalue weighted by molar-refractivity contribution is 5.71. The molecule has 0 saturated carbocycles. The fourth-order valence-electron chi connectivity index (χ4n) is 2.77. The Hall–Kier alpha value is -2.20. The maximum Gasteiger partial charge on any atom is 0.309 e. The van der Waals surface area contributed by atoms with Gasteiger partial charge in [-0.25, -0.2) is 4.39 Å². The quantitative estimate of drug-likeness (QED) is 0.939. The molecule has 2 aromatic rings. The molecule has 1 atom stereocenters. The Morgan fingerprint density at radius 1 is 1.05 bits per heavy atom. The lowest BCUT2D eigenvalue weighted by Gasteiger charge is -2.43. The van der Waals surface area contributed by atoms with E-state index in [1.807, 2.05) is 30.3 Å². The predicted octanol–water partition coefficient (Wildman–Crippen LogP) is 2.93. The molecule has 0 aliphatic carbocycles. The van der Waals surface area contributed by atoms with Crippen LogP contribution in [-0.4, -0.2) is 29.1 Å². The Bertz CT molecular complexity index is 621. The van der Waals surface area contributed by atoms with Gasteiger partial charge < -0.3 is 5.11 Å². The van der Waals surface area contributed by atoms with E-state index in [0.717, 1.165) is 11.1 Å². The number of nitrogens with zero attached hydrogens (tertiary/aromatic N) is 1. The predicted molar refractivity (Wildman–Crippen MR) is 77.4 cm³/mol. The fraction of sp³-hybridized carbons (Fsp3) is 0.235. The number of halogens is 1. The van der Waals surface area contributed by atoms with Gasteiger partial charge in [0.05, 0.1) is 12.0 Å². The minimum absolute atomic E-state index is 0.0256. The summed E-state index contributed by atoms with van der Waals surface area (Å²) in [6.45, 7) is 1.04. The van der Waals surface area contributed by atoms with Crippen LogP contribution in [0.4, 0.5) is 4.39 Å². The zero-order chi connectivity index (χ0) is 14.8. The maximum absolute atomic E-state index is 13.1. The first kappa shape index (κ1) is 13.8. The third kappa shape index (κ3) is 2.81. The number of carboxylic acid groups (broad SMARTS) is 1. The molecule has 1 saturated heterocycles. The van der Waals surface area contributed by atoms with Crippen molar-refractivity contribution < 1.29 is 14.3 Å². The van der Waals surface area contributed by atoms with Crippen molar-refractivity contribution in [3.8, 4) is 0 Å². The topological polar surface area (TPSA) is 40.5 Å². The zero-order valence-electron chi connectivity index (χ0n) is 11.4. The molecule has 21 heavy (non-hydrogen) atoms. The van der Waals surface area contributed by atoms with E-state index in [4.69, 9.17) is 5.11 Å². The van der Waals surface area contributed by atoms with E-state index < -0.39 is 5.97 Å². The monoisotopic (exact) mass is 285 g/mol. The minimum Gasteiger partial charge on any atom is -0.481 e. The third-order valence-electron chi connectivity index (χ3n) is 3.93. The molecule has 0 bridgehead atoms. The van der Waals surface area contributed by atoms with Crippen LogP contribution in [0.1, 0.15) is 17.2 Å². The number of rotatable bonds is 4. The van der Waals surface area contributed by atoms with Gasteiger partial charge in [0.1, 0.15) is 5.82 Å². The summed E-state index contributed by atoms with van der Waals surface area (Å²) in [7, 11) is 0. The molecule has 1 N–H and O–H groups in total. The highest BCUT2D eigenvalue weighted by atomic mass is 19.1. The molecule has 108 valence electrons. The first-order valence-corrected chi connectivity index (χ1v) is 6.92. The van der Waals surface area contributed by atoms with E-state index >= 15 is 0 Å². The number of carbonyl (C=O) groups is 1. The van der Waals surface area contributed by atoms with Crippen LogP contribution in [0, 0.1) is 11.7 Å². The van der Waals surface area contributed by atoms with E-state index in [9.17, 15) is 9.18 Å². The second-order valence-corrected chi connectivity index (χ2v) is 5.35. The van der Waals surface area contributed by atoms with Gasteiger partial charge in [0, 0.05) is 13.1 Å². The van der Waals surface area contributed by atoms with Gasteiger partial charge in [-0.1, -0.05) is 42.5 Å². The first-order valence-electron chi connectivity index (χ1n) is 6.92. The molecule has 3 nitrogen and oxygen atoms in total. The molecule has 2 aromatic carbocycles. The van der Waals surface area contributed by atoms with Crippen LogP contribution >= 0.6 is 0 Å². The summed E-state index contributed by atoms with van der Waals surface area (Å²) in [5, 5.41) is 9.03. The lowest BCUT2D eigenvalue weighted by molar-refractivity contribution is -0.148. The molecule has 1 aliphatic rings. The second kappa shape index (κ2) is 5.66. The summed E-state index contributed by atoms with van der Waals surface area (Å²) in [5.41, 5.74) is 2.07. The van der Waals surface area contributed by atoms with Crippen LogP contribution in [0.5, 0.6) is 0 Å². The number of aliphatic carboxylic acids is 1. The lowest BCUT2D eigenvalue weighted by Crippen LogP contribution is -2.51. The SMILES string of the molecule is O=C(O)C1CN(C(c2ccccc2)c2ccc(F)cc2)C1. The molecular formula is C17H16FNO2. The smallest absolute Gasteiger partial charge is 0.309 e. The molecule has 0 radical (unpaired) electrons. The highest BCUT2D eigenvalue weighted by Crippen LogP contribution is 2.34. The first-order chi connectivity index (χ1) is 10.1. The Kier molecular flexibility index (Phi) is 3.71. The molecule has 1 fully saturated rings. The van der Waals surface area contributed by atoms with Gasteiger partial charge in [0.15, 0.2) is 0 Å².